The van der Waals surface area contributed by atoms with Gasteiger partial charge in [0.15, 0.2) is 0 Å². The van der Waals surface area contributed by atoms with Gasteiger partial charge in [0.2, 0.25) is 0 Å². The molecule has 0 saturated carbocycles. The van der Waals surface area contributed by atoms with Crippen molar-refractivity contribution in [1.82, 2.24) is 0 Å². The van der Waals surface area contributed by atoms with E-state index in [4.69, 9.17) is 51.6 Å². The minimum atomic E-state index is -1.46. The van der Waals surface area contributed by atoms with Crippen molar-refractivity contribution < 1.29 is 157 Å². The second-order valence-electron chi connectivity index (χ2n) is 12.2. The normalized spacial score (nSPS) is 9.18. The van der Waals surface area contributed by atoms with Crippen molar-refractivity contribution in [3.63, 3.8) is 0 Å². The van der Waals surface area contributed by atoms with Crippen molar-refractivity contribution in [2.24, 2.45) is 0 Å². The van der Waals surface area contributed by atoms with Gasteiger partial charge in [-0.25, -0.2) is 13.6 Å². The topological polar surface area (TPSA) is 136 Å². The predicted octanol–water partition coefficient (Wildman–Crippen LogP) is -8.17. The summed E-state index contributed by atoms with van der Waals surface area (Å²) in [7, 11) is 8.84. The Hall–Kier alpha value is 1.11. The average Bonchev–Trinajstić information content (AvgIpc) is 3.25. The Kier molecular flexibility index (Phi) is 78.4. The number of rotatable bonds is 11. The van der Waals surface area contributed by atoms with E-state index in [-0.39, 0.29) is 228 Å². The Morgan fingerprint density at radius 1 is 0.541 bits per heavy atom. The van der Waals surface area contributed by atoms with Crippen molar-refractivity contribution in [3.8, 4) is 34.5 Å². The maximum Gasteiger partial charge on any atom is 2.00 e. The van der Waals surface area contributed by atoms with Crippen molar-refractivity contribution in [2.45, 2.75) is 54.8 Å². The molecule has 0 amide bonds. The SMILES string of the molecule is C.C.COc1cc(OC)c(Br)cc1Br.COc1cc(OC)c(C(O)c2cccc(Cl)c2F)cc1C(=O)O.COc1cc(OC)c(C([O-])c2cccc(Cl)c2F)cc1Br.C[CH-]C.C[CH-]C.[Cl-].[Cl-].[Cl-].[Cl-].[Cl-].[Li+].[Li+].[Mg+2].[Mg+2].[Mg+2]. The van der Waals surface area contributed by atoms with E-state index in [0.29, 0.717) is 21.5 Å². The molecule has 0 spiro atoms. The summed E-state index contributed by atoms with van der Waals surface area (Å²) in [6, 6.07) is 17.9. The summed E-state index contributed by atoms with van der Waals surface area (Å²) >= 11 is 21.5. The maximum absolute atomic E-state index is 14.1. The first-order valence-corrected chi connectivity index (χ1v) is 21.2. The molecule has 5 aromatic rings. The van der Waals surface area contributed by atoms with Crippen LogP contribution in [0.25, 0.3) is 0 Å². The van der Waals surface area contributed by atoms with Crippen LogP contribution in [0.15, 0.2) is 86.2 Å². The number of hydrogen-bond acceptors (Lipinski definition) is 9. The van der Waals surface area contributed by atoms with Gasteiger partial charge in [0.05, 0.1) is 66.1 Å². The molecule has 396 valence electrons. The molecule has 0 fully saturated rings. The van der Waals surface area contributed by atoms with Gasteiger partial charge in [-0.1, -0.05) is 68.4 Å². The van der Waals surface area contributed by atoms with Crippen LogP contribution in [-0.2, 0) is 0 Å². The molecule has 0 radical (unpaired) electrons. The molecule has 0 bridgehead atoms. The number of aliphatic hydroxyl groups excluding tert-OH is 1. The fourth-order valence-electron chi connectivity index (χ4n) is 5.01. The molecular weight excluding hydrogens is 1340 g/mol. The number of ether oxygens (including phenoxy) is 6. The van der Waals surface area contributed by atoms with Crippen molar-refractivity contribution in [1.29, 1.82) is 0 Å². The van der Waals surface area contributed by atoms with Crippen molar-refractivity contribution >= 4 is 146 Å². The Morgan fingerprint density at radius 3 is 1.19 bits per heavy atom. The zero-order valence-corrected chi connectivity index (χ0v) is 55.8. The van der Waals surface area contributed by atoms with Crippen LogP contribution in [0.4, 0.5) is 8.78 Å². The molecule has 0 aliphatic heterocycles. The van der Waals surface area contributed by atoms with E-state index in [1.807, 2.05) is 52.7 Å². The molecule has 0 aliphatic rings. The number of methoxy groups -OCH3 is 6. The molecule has 74 heavy (non-hydrogen) atoms. The molecule has 0 saturated heterocycles. The third kappa shape index (κ3) is 31.9. The minimum Gasteiger partial charge on any atom is -1.00 e. The van der Waals surface area contributed by atoms with Crippen LogP contribution in [0.2, 0.25) is 10.0 Å². The predicted molar refractivity (Wildman–Crippen MR) is 279 cm³/mol. The van der Waals surface area contributed by atoms with Crippen molar-refractivity contribution in [3.05, 3.63) is 149 Å². The van der Waals surface area contributed by atoms with Crippen molar-refractivity contribution in [2.75, 3.05) is 42.7 Å². The van der Waals surface area contributed by atoms with Gasteiger partial charge in [-0.05, 0) is 89.2 Å². The Morgan fingerprint density at radius 2 is 0.838 bits per heavy atom. The van der Waals surface area contributed by atoms with Crippen LogP contribution >= 0.6 is 71.0 Å². The molecule has 5 aromatic carbocycles. The van der Waals surface area contributed by atoms with Crippen LogP contribution in [0.1, 0.15) is 87.4 Å². The summed E-state index contributed by atoms with van der Waals surface area (Å²) in [5.74, 6) is -0.140. The molecule has 0 heterocycles. The number of halogens is 12. The largest absolute Gasteiger partial charge is 2.00 e. The molecule has 2 N–H and O–H groups in total. The van der Waals surface area contributed by atoms with Crippen LogP contribution in [0.5, 0.6) is 34.5 Å². The minimum absolute atomic E-state index is 0. The smallest absolute Gasteiger partial charge is 1.00 e. The molecule has 2 unspecified atom stereocenters. The van der Waals surface area contributed by atoms with Gasteiger partial charge in [-0.2, -0.15) is 27.7 Å². The van der Waals surface area contributed by atoms with Gasteiger partial charge in [-0.3, -0.25) is 0 Å². The summed E-state index contributed by atoms with van der Waals surface area (Å²) in [5, 5.41) is 32.1. The van der Waals surface area contributed by atoms with Gasteiger partial charge < -0.3 is 119 Å². The second kappa shape index (κ2) is 56.0. The molecule has 5 rings (SSSR count). The number of aliphatic hydroxyl groups is 1. The Bertz CT molecular complexity index is 2220. The van der Waals surface area contributed by atoms with Gasteiger partial charge in [0.1, 0.15) is 57.8 Å². The van der Waals surface area contributed by atoms with Crippen LogP contribution < -0.4 is 133 Å². The van der Waals surface area contributed by atoms with Crippen LogP contribution in [0.3, 0.4) is 0 Å². The summed E-state index contributed by atoms with van der Waals surface area (Å²) in [5.41, 5.74) is 0.0955. The maximum atomic E-state index is 14.1. The first kappa shape index (κ1) is 104. The van der Waals surface area contributed by atoms with E-state index in [1.54, 1.807) is 26.4 Å². The third-order valence-corrected chi connectivity index (χ3v) is 10.3. The van der Waals surface area contributed by atoms with Gasteiger partial charge in [0.25, 0.3) is 0 Å². The number of aromatic carboxylic acids is 1. The monoisotopic (exact) mass is 1390 g/mol. The zero-order valence-electron chi connectivity index (χ0n) is 41.6. The third-order valence-electron chi connectivity index (χ3n) is 7.83. The second-order valence-corrected chi connectivity index (χ2v) is 15.6. The number of hydrogen-bond donors (Lipinski definition) is 2. The average molecular weight is 1390 g/mol. The van der Waals surface area contributed by atoms with Gasteiger partial charge in [-0.15, -0.1) is 0 Å². The molecule has 10 nitrogen and oxygen atoms in total. The number of carboxylic acids is 1. The Labute approximate surface area is 576 Å². The molecule has 2 atom stereocenters. The van der Waals surface area contributed by atoms with E-state index in [0.717, 1.165) is 20.4 Å². The zero-order chi connectivity index (χ0) is 47.3. The van der Waals surface area contributed by atoms with E-state index in [9.17, 15) is 28.9 Å². The van der Waals surface area contributed by atoms with E-state index >= 15 is 0 Å². The van der Waals surface area contributed by atoms with Crippen LogP contribution in [0, 0.1) is 24.5 Å². The summed E-state index contributed by atoms with van der Waals surface area (Å²) in [4.78, 5) is 11.3. The van der Waals surface area contributed by atoms with E-state index < -0.39 is 29.8 Å². The first-order valence-electron chi connectivity index (χ1n) is 18.1. The van der Waals surface area contributed by atoms with E-state index in [1.165, 1.54) is 77.0 Å². The fourth-order valence-corrected chi connectivity index (χ4v) is 7.21. The number of carboxylic acid groups (broad SMARTS) is 1. The summed E-state index contributed by atoms with van der Waals surface area (Å²) < 4.78 is 61.2. The first-order chi connectivity index (χ1) is 29.4. The molecule has 0 aromatic heterocycles. The standard InChI is InChI=1S/C16H14ClFO5.C15H12BrClFO3.C8H8Br2O2.2C3H7.2CH4.5ClH.2Li.3Mg/c1-22-12-7-13(23-2)10(16(20)21)6-9(12)15(19)8-4-3-5-11(17)14(8)18;1-20-12-7-13(21-2)10(16)6-9(12)15(19)8-4-3-5-11(17)14(8)18;1-11-7-4-8(12-2)6(10)3-5(7)9;2*1-3-2;;;;;;;;;;;;/h3-7,15,19H,1-2H3,(H,20,21);3-7,15H,1-2H3;3-4H,1-2H3;2*3H,1-2H3;2*1H4;5*1H;;;;;/q;-1;;2*-1;;;;;;;;2*+1;3*+2/p-5. The van der Waals surface area contributed by atoms with E-state index in [2.05, 4.69) is 47.8 Å². The molecule has 27 heteroatoms. The molecular formula is C47H56Br3Cl7F2Li2Mg3O10. The van der Waals surface area contributed by atoms with Gasteiger partial charge in [0, 0.05) is 29.3 Å². The fraction of sp³-hybridized carbons (Fsp3) is 0.298. The summed E-state index contributed by atoms with van der Waals surface area (Å²) in [6.07, 6.45) is 1.09. The van der Waals surface area contributed by atoms with Crippen LogP contribution in [-0.4, -0.2) is 128 Å². The number of benzene rings is 5. The molecule has 0 aliphatic carbocycles. The Balaban J connectivity index is -0.0000000704. The van der Waals surface area contributed by atoms with Gasteiger partial charge >= 0.3 is 113 Å². The number of carbonyl (C=O) groups is 1. The summed E-state index contributed by atoms with van der Waals surface area (Å²) in [6.45, 7) is 8.00. The quantitative estimate of drug-likeness (QED) is 0.0972.